The highest BCUT2D eigenvalue weighted by molar-refractivity contribution is 7.13. The summed E-state index contributed by atoms with van der Waals surface area (Å²) in [5.41, 5.74) is 8.12. The van der Waals surface area contributed by atoms with Gasteiger partial charge in [0.25, 0.3) is 11.8 Å². The number of amides is 2. The topological polar surface area (TPSA) is 245 Å². The first-order valence-corrected chi connectivity index (χ1v) is 19.2. The van der Waals surface area contributed by atoms with Crippen molar-refractivity contribution in [3.63, 3.8) is 0 Å². The second-order valence-electron chi connectivity index (χ2n) is 13.0. The molecule has 2 amide bonds. The van der Waals surface area contributed by atoms with E-state index in [9.17, 15) is 29.1 Å². The number of nitrogens with two attached hydrogens (primary N) is 2. The Kier molecular flexibility index (Phi) is 17.6. The molecule has 2 saturated heterocycles. The highest BCUT2D eigenvalue weighted by Crippen LogP contribution is 2.27. The molecule has 0 saturated carbocycles. The average molecular weight is 782 g/mol. The number of aromatic nitrogens is 2. The maximum atomic E-state index is 12.2. The third-order valence-electron chi connectivity index (χ3n) is 8.70. The van der Waals surface area contributed by atoms with Gasteiger partial charge < -0.3 is 40.8 Å². The van der Waals surface area contributed by atoms with Crippen molar-refractivity contribution in [2.75, 3.05) is 32.7 Å². The molecule has 0 aliphatic carbocycles. The Morgan fingerprint density at radius 3 is 1.65 bits per heavy atom. The minimum atomic E-state index is -1.34. The van der Waals surface area contributed by atoms with Gasteiger partial charge in [-0.2, -0.15) is 0 Å². The first-order valence-electron chi connectivity index (χ1n) is 17.4. The third kappa shape index (κ3) is 12.9. The zero-order valence-corrected chi connectivity index (χ0v) is 31.6. The standard InChI is InChI=1S/C18H23N3O4S.C14H15NO3S.C4H8N2O2.B/c19-17(23)18(24)11-21(12-18)8-4-2-1-3-6-14(22)13-10-15(25-20-13)16-7-5-9-26-16;16-8-4-2-1-3-6-12(17)11-10-13(18-15-11)14-7-5-9-19-14;5-3(7)4(8)1-6-2-4;/h5,7,9-10,24H,1-4,6,8,11-12H2,(H2,19,23);5,7-10H,1-4,6H2;6,8H,1-2H2,(H2,5,7);. The van der Waals surface area contributed by atoms with E-state index in [0.29, 0.717) is 68.3 Å². The van der Waals surface area contributed by atoms with Gasteiger partial charge in [-0.05, 0) is 55.1 Å². The van der Waals surface area contributed by atoms with Crippen LogP contribution in [0, 0.1) is 0 Å². The quantitative estimate of drug-likeness (QED) is 0.0398. The maximum Gasteiger partial charge on any atom is 0.252 e. The number of primary amides is 2. The van der Waals surface area contributed by atoms with Gasteiger partial charge in [-0.25, -0.2) is 0 Å². The molecular weight excluding hydrogens is 735 g/mol. The molecule has 2 aliphatic heterocycles. The number of aldehydes is 1. The van der Waals surface area contributed by atoms with Crippen molar-refractivity contribution in [3.8, 4) is 21.3 Å². The Balaban J connectivity index is 0.000000244. The molecule has 54 heavy (non-hydrogen) atoms. The lowest BCUT2D eigenvalue weighted by Crippen LogP contribution is -2.67. The van der Waals surface area contributed by atoms with Crippen LogP contribution in [0.15, 0.2) is 56.2 Å². The van der Waals surface area contributed by atoms with E-state index in [1.165, 1.54) is 0 Å². The van der Waals surface area contributed by atoms with Crippen molar-refractivity contribution in [1.29, 1.82) is 0 Å². The van der Waals surface area contributed by atoms with Gasteiger partial charge in [0.1, 0.15) is 17.7 Å². The summed E-state index contributed by atoms with van der Waals surface area (Å²) in [7, 11) is 0. The van der Waals surface area contributed by atoms with Crippen molar-refractivity contribution < 1.29 is 43.2 Å². The second kappa shape index (κ2) is 21.5. The molecule has 6 rings (SSSR count). The number of likely N-dealkylation sites (tertiary alicyclic amines) is 1. The summed E-state index contributed by atoms with van der Waals surface area (Å²) in [5.74, 6) is -0.0183. The summed E-state index contributed by atoms with van der Waals surface area (Å²) in [5, 5.41) is 33.0. The molecule has 2 aliphatic rings. The number of ketones is 2. The number of nitrogens with zero attached hydrogens (tertiary/aromatic N) is 3. The number of thiophene rings is 2. The van der Waals surface area contributed by atoms with Crippen LogP contribution in [-0.4, -0.2) is 107 Å². The number of β-amino-alcohol motifs (C(OH)–C–C–N with tert-alkyl or cyclic N) is 2. The number of carbonyl (C=O) groups excluding carboxylic acids is 5. The zero-order chi connectivity index (χ0) is 38.3. The van der Waals surface area contributed by atoms with Crippen LogP contribution in [0.2, 0.25) is 0 Å². The van der Waals surface area contributed by atoms with Crippen LogP contribution >= 0.6 is 22.7 Å². The molecule has 4 aromatic heterocycles. The highest BCUT2D eigenvalue weighted by atomic mass is 32.1. The van der Waals surface area contributed by atoms with Crippen molar-refractivity contribution in [1.82, 2.24) is 20.5 Å². The van der Waals surface area contributed by atoms with Crippen LogP contribution in [0.4, 0.5) is 0 Å². The molecule has 3 radical (unpaired) electrons. The first-order chi connectivity index (χ1) is 25.4. The molecule has 289 valence electrons. The molecule has 0 atom stereocenters. The number of hydrogen-bond donors (Lipinski definition) is 5. The normalized spacial score (nSPS) is 15.1. The Morgan fingerprint density at radius 1 is 0.778 bits per heavy atom. The molecule has 18 heteroatoms. The van der Waals surface area contributed by atoms with E-state index in [-0.39, 0.29) is 20.0 Å². The van der Waals surface area contributed by atoms with Gasteiger partial charge in [-0.1, -0.05) is 41.7 Å². The van der Waals surface area contributed by atoms with Crippen LogP contribution in [0.1, 0.15) is 85.2 Å². The van der Waals surface area contributed by atoms with Gasteiger partial charge in [0.05, 0.1) is 9.75 Å². The van der Waals surface area contributed by atoms with E-state index in [1.807, 2.05) is 39.9 Å². The van der Waals surface area contributed by atoms with Gasteiger partial charge >= 0.3 is 0 Å². The van der Waals surface area contributed by atoms with E-state index in [2.05, 4.69) is 15.6 Å². The van der Waals surface area contributed by atoms with Gasteiger partial charge in [-0.3, -0.25) is 24.1 Å². The first kappa shape index (κ1) is 44.1. The molecule has 6 heterocycles. The lowest BCUT2D eigenvalue weighted by molar-refractivity contribution is -0.155. The zero-order valence-electron chi connectivity index (χ0n) is 29.9. The van der Waals surface area contributed by atoms with Gasteiger partial charge in [0.2, 0.25) is 0 Å². The van der Waals surface area contributed by atoms with E-state index in [1.54, 1.807) is 34.8 Å². The summed E-state index contributed by atoms with van der Waals surface area (Å²) in [6.45, 7) is 2.06. The van der Waals surface area contributed by atoms with Crippen LogP contribution in [-0.2, 0) is 14.4 Å². The fraction of sp³-hybridized carbons (Fsp3) is 0.472. The van der Waals surface area contributed by atoms with Crippen LogP contribution in [0.5, 0.6) is 0 Å². The molecule has 15 nitrogen and oxygen atoms in total. The minimum Gasteiger partial charge on any atom is -0.377 e. The molecular formula is C36H46BN6O9S2. The molecule has 0 spiro atoms. The summed E-state index contributed by atoms with van der Waals surface area (Å²) in [6, 6.07) is 11.1. The van der Waals surface area contributed by atoms with E-state index in [0.717, 1.165) is 67.5 Å². The van der Waals surface area contributed by atoms with Gasteiger partial charge in [0.15, 0.2) is 34.3 Å². The number of unbranched alkanes of at least 4 members (excludes halogenated alkanes) is 6. The minimum absolute atomic E-state index is 0. The number of nitrogens with one attached hydrogen (secondary N) is 1. The van der Waals surface area contributed by atoms with Crippen molar-refractivity contribution in [2.24, 2.45) is 11.5 Å². The average Bonchev–Trinajstić information content (AvgIpc) is 3.95. The summed E-state index contributed by atoms with van der Waals surface area (Å²) in [6.07, 6.45) is 8.64. The predicted octanol–water partition coefficient (Wildman–Crippen LogP) is 3.23. The van der Waals surface area contributed by atoms with E-state index >= 15 is 0 Å². The number of aliphatic hydroxyl groups is 2. The second-order valence-corrected chi connectivity index (χ2v) is 14.9. The molecule has 0 bridgehead atoms. The SMILES string of the molecule is NC(=O)C1(O)CN(CCCCCCC(=O)c2cc(-c3cccs3)on2)C1.NC(=O)C1(O)CNC1.O=CCCCCCC(=O)c1cc(-c2cccs2)on1.[B]. The fourth-order valence-corrected chi connectivity index (χ4v) is 6.69. The number of hydrogen-bond acceptors (Lipinski definition) is 15. The number of rotatable bonds is 19. The summed E-state index contributed by atoms with van der Waals surface area (Å²) < 4.78 is 10.4. The van der Waals surface area contributed by atoms with E-state index < -0.39 is 23.0 Å². The van der Waals surface area contributed by atoms with Crippen LogP contribution < -0.4 is 16.8 Å². The summed E-state index contributed by atoms with van der Waals surface area (Å²) >= 11 is 3.10. The lowest BCUT2D eigenvalue weighted by atomic mass is 9.93. The maximum absolute atomic E-state index is 12.2. The van der Waals surface area contributed by atoms with Crippen LogP contribution in [0.3, 0.4) is 0 Å². The largest absolute Gasteiger partial charge is 0.377 e. The molecule has 0 aromatic carbocycles. The van der Waals surface area contributed by atoms with E-state index in [4.69, 9.17) is 25.6 Å². The number of Topliss-reactive ketones (excluding diaryl/α,β-unsaturated/α-hetero) is 2. The third-order valence-corrected chi connectivity index (χ3v) is 10.5. The number of carbonyl (C=O) groups is 5. The molecule has 2 fully saturated rings. The molecule has 4 aromatic rings. The molecule has 0 unspecified atom stereocenters. The Bertz CT molecular complexity index is 1770. The van der Waals surface area contributed by atoms with Crippen molar-refractivity contribution in [3.05, 3.63) is 58.5 Å². The van der Waals surface area contributed by atoms with Gasteiger partial charge in [-0.15, -0.1) is 22.7 Å². The Morgan fingerprint density at radius 2 is 1.26 bits per heavy atom. The fourth-order valence-electron chi connectivity index (χ4n) is 5.35. The Hall–Kier alpha value is -4.33. The highest BCUT2D eigenvalue weighted by Gasteiger charge is 2.45. The smallest absolute Gasteiger partial charge is 0.252 e. The van der Waals surface area contributed by atoms with Crippen LogP contribution in [0.25, 0.3) is 21.3 Å². The van der Waals surface area contributed by atoms with Gasteiger partial charge in [0, 0.05) is 66.0 Å². The summed E-state index contributed by atoms with van der Waals surface area (Å²) in [4.78, 5) is 59.4. The predicted molar refractivity (Wildman–Crippen MR) is 204 cm³/mol. The molecule has 7 N–H and O–H groups in total. The van der Waals surface area contributed by atoms with Crippen molar-refractivity contribution in [2.45, 2.75) is 75.4 Å². The van der Waals surface area contributed by atoms with Crippen molar-refractivity contribution >= 4 is 60.8 Å². The monoisotopic (exact) mass is 781 g/mol. The lowest BCUT2D eigenvalue weighted by Gasteiger charge is -2.44. The Labute approximate surface area is 323 Å².